The van der Waals surface area contributed by atoms with Crippen LogP contribution in [0.1, 0.15) is 13.3 Å². The van der Waals surface area contributed by atoms with Crippen molar-refractivity contribution < 1.29 is 9.90 Å². The minimum absolute atomic E-state index is 1.01. The third-order valence-corrected chi connectivity index (χ3v) is 0.671. The molecule has 0 bridgehead atoms. The molecule has 0 aliphatic heterocycles. The second-order valence-corrected chi connectivity index (χ2v) is 1.51. The maximum Gasteiger partial charge on any atom is 0.402 e. The number of thiol groups is 1. The van der Waals surface area contributed by atoms with Gasteiger partial charge in [-0.25, -0.2) is 4.79 Å². The van der Waals surface area contributed by atoms with E-state index in [1.54, 1.807) is 0 Å². The normalized spacial score (nSPS) is 6.75. The van der Waals surface area contributed by atoms with Crippen LogP contribution in [0.15, 0.2) is 0 Å². The van der Waals surface area contributed by atoms with E-state index in [1.807, 2.05) is 0 Å². The first-order chi connectivity index (χ1) is 3.65. The highest BCUT2D eigenvalue weighted by Gasteiger charge is 1.65. The Hall–Kier alpha value is -0.380. The topological polar surface area (TPSA) is 63.3 Å². The van der Waals surface area contributed by atoms with Gasteiger partial charge in [-0.2, -0.15) is 12.6 Å². The molecule has 0 heterocycles. The minimum Gasteiger partial charge on any atom is -0.465 e. The molecule has 0 saturated heterocycles. The molecule has 0 spiro atoms. The van der Waals surface area contributed by atoms with Crippen LogP contribution >= 0.6 is 12.6 Å². The van der Waals surface area contributed by atoms with E-state index in [0.29, 0.717) is 0 Å². The van der Waals surface area contributed by atoms with Gasteiger partial charge >= 0.3 is 6.09 Å². The lowest BCUT2D eigenvalue weighted by Gasteiger charge is -1.67. The van der Waals surface area contributed by atoms with Crippen LogP contribution in [0, 0.1) is 0 Å². The molecule has 0 radical (unpaired) electrons. The molecule has 0 rings (SSSR count). The summed E-state index contributed by atoms with van der Waals surface area (Å²) in [7, 11) is 0. The molecule has 1 amide bonds. The molecule has 3 nitrogen and oxygen atoms in total. The van der Waals surface area contributed by atoms with E-state index in [1.165, 1.54) is 6.42 Å². The van der Waals surface area contributed by atoms with Crippen molar-refractivity contribution >= 4 is 18.7 Å². The number of primary amides is 1. The first kappa shape index (κ1) is 10.6. The standard InChI is InChI=1S/C3H8S.CH3NO2/c1-2-3-4;2-1(3)4/h4H,2-3H2,1H3;2H2,(H,3,4). The van der Waals surface area contributed by atoms with Gasteiger partial charge in [0.1, 0.15) is 0 Å². The van der Waals surface area contributed by atoms with Gasteiger partial charge in [-0.3, -0.25) is 0 Å². The average molecular weight is 137 g/mol. The molecule has 50 valence electrons. The number of carbonyl (C=O) groups is 1. The molecule has 0 aliphatic rings. The van der Waals surface area contributed by atoms with Crippen molar-refractivity contribution in [1.82, 2.24) is 0 Å². The molecule has 3 N–H and O–H groups in total. The van der Waals surface area contributed by atoms with E-state index in [-0.39, 0.29) is 0 Å². The SMILES string of the molecule is CCCS.NC(=O)O. The third kappa shape index (κ3) is 312. The molecule has 0 atom stereocenters. The van der Waals surface area contributed by atoms with Crippen molar-refractivity contribution in [3.63, 3.8) is 0 Å². The zero-order valence-corrected chi connectivity index (χ0v) is 5.69. The molecule has 8 heavy (non-hydrogen) atoms. The Kier molecular flexibility index (Phi) is 12.9. The van der Waals surface area contributed by atoms with Gasteiger partial charge in [0.25, 0.3) is 0 Å². The van der Waals surface area contributed by atoms with Crippen molar-refractivity contribution in [2.45, 2.75) is 13.3 Å². The van der Waals surface area contributed by atoms with E-state index in [2.05, 4.69) is 25.3 Å². The van der Waals surface area contributed by atoms with Gasteiger partial charge in [-0.15, -0.1) is 0 Å². The molecule has 4 heteroatoms. The number of hydrogen-bond acceptors (Lipinski definition) is 2. The van der Waals surface area contributed by atoms with Gasteiger partial charge in [0.2, 0.25) is 0 Å². The number of amides is 1. The first-order valence-corrected chi connectivity index (χ1v) is 2.87. The fraction of sp³-hybridized carbons (Fsp3) is 0.750. The van der Waals surface area contributed by atoms with Gasteiger partial charge in [0.15, 0.2) is 0 Å². The summed E-state index contributed by atoms with van der Waals surface area (Å²) in [5.41, 5.74) is 4.03. The summed E-state index contributed by atoms with van der Waals surface area (Å²) in [6.07, 6.45) is -0.150. The number of rotatable bonds is 1. The summed E-state index contributed by atoms with van der Waals surface area (Å²) < 4.78 is 0. The van der Waals surface area contributed by atoms with Crippen LogP contribution in [0.25, 0.3) is 0 Å². The molecule has 0 aromatic carbocycles. The first-order valence-electron chi connectivity index (χ1n) is 2.24. The largest absolute Gasteiger partial charge is 0.465 e. The number of hydrogen-bond donors (Lipinski definition) is 3. The van der Waals surface area contributed by atoms with Crippen LogP contribution in [0.2, 0.25) is 0 Å². The highest BCUT2D eigenvalue weighted by Crippen LogP contribution is 1.74. The summed E-state index contributed by atoms with van der Waals surface area (Å²) in [5, 5.41) is 7.19. The zero-order chi connectivity index (χ0) is 6.99. The van der Waals surface area contributed by atoms with Crippen molar-refractivity contribution in [3.05, 3.63) is 0 Å². The lowest BCUT2D eigenvalue weighted by Crippen LogP contribution is -2.03. The van der Waals surface area contributed by atoms with Crippen molar-refractivity contribution in [3.8, 4) is 0 Å². The molecule has 0 unspecified atom stereocenters. The average Bonchev–Trinajstić information content (AvgIpc) is 1.65. The Morgan fingerprint density at radius 1 is 1.88 bits per heavy atom. The second kappa shape index (κ2) is 9.80. The predicted molar refractivity (Wildman–Crippen MR) is 36.4 cm³/mol. The maximum atomic E-state index is 8.78. The van der Waals surface area contributed by atoms with E-state index in [4.69, 9.17) is 9.90 Å². The third-order valence-electron chi connectivity index (χ3n) is 0.224. The summed E-state index contributed by atoms with van der Waals surface area (Å²) >= 11 is 3.92. The van der Waals surface area contributed by atoms with E-state index in [9.17, 15) is 0 Å². The van der Waals surface area contributed by atoms with E-state index >= 15 is 0 Å². The minimum atomic E-state index is -1.33. The summed E-state index contributed by atoms with van der Waals surface area (Å²) in [6.45, 7) is 2.10. The Labute approximate surface area is 54.3 Å². The summed E-state index contributed by atoms with van der Waals surface area (Å²) in [5.74, 6) is 1.01. The zero-order valence-electron chi connectivity index (χ0n) is 4.79. The van der Waals surface area contributed by atoms with Gasteiger partial charge < -0.3 is 10.8 Å². The molecule has 0 aromatic heterocycles. The van der Waals surface area contributed by atoms with Gasteiger partial charge in [0, 0.05) is 0 Å². The van der Waals surface area contributed by atoms with Crippen LogP contribution in [-0.4, -0.2) is 17.0 Å². The second-order valence-electron chi connectivity index (χ2n) is 1.06. The molecule has 0 aromatic rings. The Balaban J connectivity index is 0. The van der Waals surface area contributed by atoms with Crippen molar-refractivity contribution in [1.29, 1.82) is 0 Å². The fourth-order valence-corrected chi connectivity index (χ4v) is 0. The Morgan fingerprint density at radius 2 is 2.00 bits per heavy atom. The molecular formula is C4H11NO2S. The van der Waals surface area contributed by atoms with Crippen LogP contribution in [-0.2, 0) is 0 Å². The van der Waals surface area contributed by atoms with Crippen LogP contribution in [0.4, 0.5) is 4.79 Å². The molecule has 0 aliphatic carbocycles. The molecule has 0 fully saturated rings. The number of nitrogens with two attached hydrogens (primary N) is 1. The smallest absolute Gasteiger partial charge is 0.402 e. The fourth-order valence-electron chi connectivity index (χ4n) is 0. The molecule has 0 saturated carbocycles. The Morgan fingerprint density at radius 3 is 2.00 bits per heavy atom. The highest BCUT2D eigenvalue weighted by molar-refractivity contribution is 7.80. The van der Waals surface area contributed by atoms with Gasteiger partial charge in [-0.05, 0) is 12.2 Å². The molecular weight excluding hydrogens is 126 g/mol. The van der Waals surface area contributed by atoms with Crippen LogP contribution in [0.3, 0.4) is 0 Å². The quantitative estimate of drug-likeness (QED) is 0.471. The number of carboxylic acid groups (broad SMARTS) is 1. The maximum absolute atomic E-state index is 8.78. The highest BCUT2D eigenvalue weighted by atomic mass is 32.1. The van der Waals surface area contributed by atoms with E-state index in [0.717, 1.165) is 5.75 Å². The van der Waals surface area contributed by atoms with E-state index < -0.39 is 6.09 Å². The summed E-state index contributed by atoms with van der Waals surface area (Å²) in [4.78, 5) is 8.78. The Bertz CT molecular complexity index is 52.0. The van der Waals surface area contributed by atoms with Crippen molar-refractivity contribution in [2.75, 3.05) is 5.75 Å². The van der Waals surface area contributed by atoms with Crippen molar-refractivity contribution in [2.24, 2.45) is 5.73 Å². The predicted octanol–water partition coefficient (Wildman–Crippen LogP) is 0.949. The lowest BCUT2D eigenvalue weighted by molar-refractivity contribution is 0.205. The van der Waals surface area contributed by atoms with Crippen LogP contribution < -0.4 is 5.73 Å². The van der Waals surface area contributed by atoms with Crippen LogP contribution in [0.5, 0.6) is 0 Å². The lowest BCUT2D eigenvalue weighted by atomic mass is 10.6. The summed E-state index contributed by atoms with van der Waals surface area (Å²) in [6, 6.07) is 0. The van der Waals surface area contributed by atoms with Gasteiger partial charge in [-0.1, -0.05) is 6.92 Å². The monoisotopic (exact) mass is 137 g/mol. The van der Waals surface area contributed by atoms with Gasteiger partial charge in [0.05, 0.1) is 0 Å².